The van der Waals surface area contributed by atoms with Crippen LogP contribution in [0.5, 0.6) is 5.75 Å². The molecule has 20 heavy (non-hydrogen) atoms. The number of rotatable bonds is 5. The Bertz CT molecular complexity index is 626. The summed E-state index contributed by atoms with van der Waals surface area (Å²) in [5.41, 5.74) is 1.06. The van der Waals surface area contributed by atoms with E-state index in [1.54, 1.807) is 7.11 Å². The maximum absolute atomic E-state index is 13.6. The summed E-state index contributed by atoms with van der Waals surface area (Å²) in [6.45, 7) is 0. The van der Waals surface area contributed by atoms with Crippen LogP contribution in [-0.2, 0) is 6.42 Å². The lowest BCUT2D eigenvalue weighted by molar-refractivity contribution is 0.0979. The average Bonchev–Trinajstić information content (AvgIpc) is 2.45. The molecule has 0 fully saturated rings. The molecule has 0 bridgehead atoms. The Balaban J connectivity index is 2.04. The third-order valence-electron chi connectivity index (χ3n) is 3.01. The van der Waals surface area contributed by atoms with Gasteiger partial charge < -0.3 is 4.74 Å². The van der Waals surface area contributed by atoms with E-state index in [0.717, 1.165) is 17.4 Å². The molecule has 2 aromatic rings. The smallest absolute Gasteiger partial charge is 0.166 e. The molecule has 4 heteroatoms. The molecular weight excluding hydrogens is 279 g/mol. The van der Waals surface area contributed by atoms with Crippen molar-refractivity contribution in [3.05, 3.63) is 64.4 Å². The number of ether oxygens (including phenoxy) is 1. The number of halogens is 2. The number of hydrogen-bond donors (Lipinski definition) is 0. The van der Waals surface area contributed by atoms with Crippen LogP contribution >= 0.6 is 11.6 Å². The minimum Gasteiger partial charge on any atom is -0.497 e. The number of methoxy groups -OCH3 is 1. The van der Waals surface area contributed by atoms with Crippen LogP contribution in [0.4, 0.5) is 4.39 Å². The van der Waals surface area contributed by atoms with Crippen LogP contribution in [0.25, 0.3) is 0 Å². The third-order valence-corrected chi connectivity index (χ3v) is 3.24. The topological polar surface area (TPSA) is 26.3 Å². The second-order valence-electron chi connectivity index (χ2n) is 4.40. The minimum atomic E-state index is -0.576. The first-order chi connectivity index (χ1) is 9.60. The van der Waals surface area contributed by atoms with Gasteiger partial charge in [-0.15, -0.1) is 0 Å². The predicted molar refractivity (Wildman–Crippen MR) is 77.1 cm³/mol. The van der Waals surface area contributed by atoms with Gasteiger partial charge in [0.2, 0.25) is 0 Å². The van der Waals surface area contributed by atoms with E-state index >= 15 is 0 Å². The fourth-order valence-electron chi connectivity index (χ4n) is 1.94. The quantitative estimate of drug-likeness (QED) is 0.768. The second kappa shape index (κ2) is 6.53. The first-order valence-electron chi connectivity index (χ1n) is 6.21. The van der Waals surface area contributed by atoms with Crippen molar-refractivity contribution in [2.24, 2.45) is 0 Å². The minimum absolute atomic E-state index is 0.0808. The van der Waals surface area contributed by atoms with E-state index in [9.17, 15) is 9.18 Å². The largest absolute Gasteiger partial charge is 0.497 e. The van der Waals surface area contributed by atoms with Crippen molar-refractivity contribution in [1.29, 1.82) is 0 Å². The van der Waals surface area contributed by atoms with Crippen LogP contribution in [-0.4, -0.2) is 12.9 Å². The van der Waals surface area contributed by atoms with Gasteiger partial charge in [0.15, 0.2) is 5.78 Å². The Kier molecular flexibility index (Phi) is 4.74. The van der Waals surface area contributed by atoms with Gasteiger partial charge in [-0.05, 0) is 42.3 Å². The Morgan fingerprint density at radius 3 is 2.75 bits per heavy atom. The van der Waals surface area contributed by atoms with Gasteiger partial charge in [0, 0.05) is 11.4 Å². The van der Waals surface area contributed by atoms with Crippen molar-refractivity contribution in [3.63, 3.8) is 0 Å². The van der Waals surface area contributed by atoms with Crippen molar-refractivity contribution in [2.75, 3.05) is 7.11 Å². The Labute approximate surface area is 122 Å². The molecule has 0 heterocycles. The van der Waals surface area contributed by atoms with Gasteiger partial charge in [-0.3, -0.25) is 4.79 Å². The first kappa shape index (κ1) is 14.5. The van der Waals surface area contributed by atoms with Gasteiger partial charge in [-0.2, -0.15) is 0 Å². The lowest BCUT2D eigenvalue weighted by Gasteiger charge is -2.05. The van der Waals surface area contributed by atoms with Crippen LogP contribution < -0.4 is 4.74 Å². The van der Waals surface area contributed by atoms with Crippen LogP contribution in [0, 0.1) is 5.82 Å². The molecule has 0 unspecified atom stereocenters. The van der Waals surface area contributed by atoms with Crippen LogP contribution in [0.3, 0.4) is 0 Å². The van der Waals surface area contributed by atoms with Crippen molar-refractivity contribution in [2.45, 2.75) is 12.8 Å². The number of Topliss-reactive ketones (excluding diaryl/α,β-unsaturated/α-hetero) is 1. The summed E-state index contributed by atoms with van der Waals surface area (Å²) in [5.74, 6) is -0.0669. The Morgan fingerprint density at radius 1 is 1.25 bits per heavy atom. The molecule has 0 radical (unpaired) electrons. The Hall–Kier alpha value is -1.87. The SMILES string of the molecule is COc1cccc(CCC(=O)c2ccc(Cl)cc2F)c1. The number of benzene rings is 2. The normalized spacial score (nSPS) is 10.3. The highest BCUT2D eigenvalue weighted by atomic mass is 35.5. The van der Waals surface area contributed by atoms with Crippen LogP contribution in [0.15, 0.2) is 42.5 Å². The highest BCUT2D eigenvalue weighted by Gasteiger charge is 2.12. The zero-order valence-corrected chi connectivity index (χ0v) is 11.8. The summed E-state index contributed by atoms with van der Waals surface area (Å²) in [5, 5.41) is 0.284. The molecule has 0 amide bonds. The maximum Gasteiger partial charge on any atom is 0.166 e. The number of aryl methyl sites for hydroxylation is 1. The van der Waals surface area contributed by atoms with Gasteiger partial charge >= 0.3 is 0 Å². The monoisotopic (exact) mass is 292 g/mol. The van der Waals surface area contributed by atoms with Gasteiger partial charge in [-0.25, -0.2) is 4.39 Å². The molecule has 2 nitrogen and oxygen atoms in total. The third kappa shape index (κ3) is 3.58. The molecule has 0 N–H and O–H groups in total. The number of carbonyl (C=O) groups excluding carboxylic acids is 1. The van der Waals surface area contributed by atoms with E-state index in [4.69, 9.17) is 16.3 Å². The van der Waals surface area contributed by atoms with Crippen molar-refractivity contribution < 1.29 is 13.9 Å². The van der Waals surface area contributed by atoms with Gasteiger partial charge in [0.1, 0.15) is 11.6 Å². The van der Waals surface area contributed by atoms with Gasteiger partial charge in [0.25, 0.3) is 0 Å². The molecule has 0 aliphatic heterocycles. The highest BCUT2D eigenvalue weighted by molar-refractivity contribution is 6.30. The number of carbonyl (C=O) groups is 1. The standard InChI is InChI=1S/C16H14ClFO2/c1-20-13-4-2-3-11(9-13)5-8-16(19)14-7-6-12(17)10-15(14)18/h2-4,6-7,9-10H,5,8H2,1H3. The summed E-state index contributed by atoms with van der Waals surface area (Å²) < 4.78 is 18.7. The molecule has 104 valence electrons. The molecule has 0 aliphatic rings. The van der Waals surface area contributed by atoms with Gasteiger partial charge in [0.05, 0.1) is 12.7 Å². The lowest BCUT2D eigenvalue weighted by atomic mass is 10.0. The first-order valence-corrected chi connectivity index (χ1v) is 6.59. The molecule has 2 aromatic carbocycles. The highest BCUT2D eigenvalue weighted by Crippen LogP contribution is 2.18. The molecular formula is C16H14ClFO2. The summed E-state index contributed by atoms with van der Waals surface area (Å²) >= 11 is 5.66. The van der Waals surface area contributed by atoms with E-state index in [2.05, 4.69) is 0 Å². The summed E-state index contributed by atoms with van der Waals surface area (Å²) in [7, 11) is 1.59. The van der Waals surface area contributed by atoms with E-state index < -0.39 is 5.82 Å². The van der Waals surface area contributed by atoms with Crippen molar-refractivity contribution in [3.8, 4) is 5.75 Å². The van der Waals surface area contributed by atoms with E-state index in [1.165, 1.54) is 12.1 Å². The molecule has 2 rings (SSSR count). The molecule has 0 saturated heterocycles. The molecule has 0 saturated carbocycles. The van der Waals surface area contributed by atoms with Crippen LogP contribution in [0.1, 0.15) is 22.3 Å². The zero-order chi connectivity index (χ0) is 14.5. The second-order valence-corrected chi connectivity index (χ2v) is 4.84. The average molecular weight is 293 g/mol. The lowest BCUT2D eigenvalue weighted by Crippen LogP contribution is -2.04. The summed E-state index contributed by atoms with van der Waals surface area (Å²) in [4.78, 5) is 12.0. The van der Waals surface area contributed by atoms with Crippen molar-refractivity contribution >= 4 is 17.4 Å². The summed E-state index contributed by atoms with van der Waals surface area (Å²) in [6, 6.07) is 11.6. The van der Waals surface area contributed by atoms with Crippen molar-refractivity contribution in [1.82, 2.24) is 0 Å². The number of ketones is 1. The molecule has 0 atom stereocenters. The van der Waals surface area contributed by atoms with Gasteiger partial charge in [-0.1, -0.05) is 23.7 Å². The molecule has 0 spiro atoms. The Morgan fingerprint density at radius 2 is 2.05 bits per heavy atom. The zero-order valence-electron chi connectivity index (χ0n) is 11.0. The number of hydrogen-bond acceptors (Lipinski definition) is 2. The maximum atomic E-state index is 13.6. The van der Waals surface area contributed by atoms with Crippen LogP contribution in [0.2, 0.25) is 5.02 Å². The van der Waals surface area contributed by atoms with E-state index in [-0.39, 0.29) is 22.8 Å². The fraction of sp³-hybridized carbons (Fsp3) is 0.188. The predicted octanol–water partition coefficient (Wildman–Crippen LogP) is 4.30. The molecule has 0 aliphatic carbocycles. The molecule has 0 aromatic heterocycles. The van der Waals surface area contributed by atoms with E-state index in [1.807, 2.05) is 24.3 Å². The van der Waals surface area contributed by atoms with E-state index in [0.29, 0.717) is 6.42 Å². The fourth-order valence-corrected chi connectivity index (χ4v) is 2.09. The summed E-state index contributed by atoms with van der Waals surface area (Å²) in [6.07, 6.45) is 0.782.